The number of anilines is 1. The van der Waals surface area contributed by atoms with E-state index in [4.69, 9.17) is 4.52 Å². The Balaban J connectivity index is 1.98. The third kappa shape index (κ3) is 2.69. The molecule has 0 aliphatic rings. The van der Waals surface area contributed by atoms with E-state index in [0.29, 0.717) is 6.54 Å². The van der Waals surface area contributed by atoms with Crippen LogP contribution in [-0.2, 0) is 6.54 Å². The number of nitrogens with zero attached hydrogens (tertiary/aromatic N) is 3. The fraction of sp³-hybridized carbons (Fsp3) is 0.222. The maximum atomic E-state index is 4.95. The normalized spacial score (nSPS) is 10.2. The SMILES string of the molecule is CSc1cc(NCc2ccno2)ncn1. The zero-order valence-electron chi connectivity index (χ0n) is 8.17. The highest BCUT2D eigenvalue weighted by molar-refractivity contribution is 7.98. The number of nitrogens with one attached hydrogen (secondary N) is 1. The minimum atomic E-state index is 0.574. The van der Waals surface area contributed by atoms with Crippen molar-refractivity contribution in [2.75, 3.05) is 11.6 Å². The summed E-state index contributed by atoms with van der Waals surface area (Å²) in [4.78, 5) is 8.17. The Morgan fingerprint density at radius 2 is 2.40 bits per heavy atom. The maximum Gasteiger partial charge on any atom is 0.155 e. The molecule has 0 aliphatic carbocycles. The largest absolute Gasteiger partial charge is 0.363 e. The van der Waals surface area contributed by atoms with Gasteiger partial charge in [0.15, 0.2) is 5.76 Å². The number of rotatable bonds is 4. The average molecular weight is 222 g/mol. The molecule has 5 nitrogen and oxygen atoms in total. The van der Waals surface area contributed by atoms with Crippen LogP contribution < -0.4 is 5.32 Å². The van der Waals surface area contributed by atoms with Crippen LogP contribution in [0.3, 0.4) is 0 Å². The quantitative estimate of drug-likeness (QED) is 0.628. The zero-order chi connectivity index (χ0) is 10.5. The van der Waals surface area contributed by atoms with Gasteiger partial charge in [-0.25, -0.2) is 9.97 Å². The first-order valence-corrected chi connectivity index (χ1v) is 5.60. The lowest BCUT2D eigenvalue weighted by molar-refractivity contribution is 0.388. The number of thioether (sulfide) groups is 1. The highest BCUT2D eigenvalue weighted by atomic mass is 32.2. The first-order valence-electron chi connectivity index (χ1n) is 4.38. The number of hydrogen-bond acceptors (Lipinski definition) is 6. The van der Waals surface area contributed by atoms with E-state index in [1.54, 1.807) is 18.0 Å². The molecule has 0 amide bonds. The molecule has 0 aliphatic heterocycles. The summed E-state index contributed by atoms with van der Waals surface area (Å²) >= 11 is 1.58. The second kappa shape index (κ2) is 4.79. The molecule has 0 radical (unpaired) electrons. The van der Waals surface area contributed by atoms with E-state index in [9.17, 15) is 0 Å². The summed E-state index contributed by atoms with van der Waals surface area (Å²) in [6.07, 6.45) is 5.13. The predicted octanol–water partition coefficient (Wildman–Crippen LogP) is 1.80. The molecule has 0 atom stereocenters. The molecule has 0 saturated heterocycles. The van der Waals surface area contributed by atoms with Gasteiger partial charge < -0.3 is 9.84 Å². The molecule has 2 rings (SSSR count). The Kier molecular flexibility index (Phi) is 3.18. The van der Waals surface area contributed by atoms with E-state index < -0.39 is 0 Å². The minimum absolute atomic E-state index is 0.574. The lowest BCUT2D eigenvalue weighted by Crippen LogP contribution is -2.00. The molecule has 0 saturated carbocycles. The van der Waals surface area contributed by atoms with Gasteiger partial charge in [-0.2, -0.15) is 0 Å². The van der Waals surface area contributed by atoms with E-state index in [0.717, 1.165) is 16.6 Å². The Labute approximate surface area is 91.3 Å². The molecule has 0 spiro atoms. The van der Waals surface area contributed by atoms with Crippen LogP contribution in [0.5, 0.6) is 0 Å². The monoisotopic (exact) mass is 222 g/mol. The Morgan fingerprint density at radius 1 is 1.47 bits per heavy atom. The van der Waals surface area contributed by atoms with Crippen LogP contribution in [0.15, 0.2) is 34.2 Å². The van der Waals surface area contributed by atoms with Crippen molar-refractivity contribution in [2.45, 2.75) is 11.6 Å². The van der Waals surface area contributed by atoms with Crippen LogP contribution in [0, 0.1) is 0 Å². The van der Waals surface area contributed by atoms with Gasteiger partial charge >= 0.3 is 0 Å². The van der Waals surface area contributed by atoms with Crippen molar-refractivity contribution < 1.29 is 4.52 Å². The van der Waals surface area contributed by atoms with Crippen molar-refractivity contribution >= 4 is 17.6 Å². The van der Waals surface area contributed by atoms with E-state index in [-0.39, 0.29) is 0 Å². The van der Waals surface area contributed by atoms with Gasteiger partial charge in [0, 0.05) is 12.1 Å². The molecule has 6 heteroatoms. The Morgan fingerprint density at radius 3 is 3.13 bits per heavy atom. The summed E-state index contributed by atoms with van der Waals surface area (Å²) in [5.41, 5.74) is 0. The first-order chi connectivity index (χ1) is 7.38. The van der Waals surface area contributed by atoms with Gasteiger partial charge in [0.25, 0.3) is 0 Å². The zero-order valence-corrected chi connectivity index (χ0v) is 8.99. The molecule has 0 bridgehead atoms. The maximum absolute atomic E-state index is 4.95. The van der Waals surface area contributed by atoms with Crippen LogP contribution >= 0.6 is 11.8 Å². The van der Waals surface area contributed by atoms with Gasteiger partial charge in [0.2, 0.25) is 0 Å². The van der Waals surface area contributed by atoms with Crippen molar-refractivity contribution in [2.24, 2.45) is 0 Å². The second-order valence-electron chi connectivity index (χ2n) is 2.78. The molecule has 15 heavy (non-hydrogen) atoms. The Hall–Kier alpha value is -1.56. The fourth-order valence-corrected chi connectivity index (χ4v) is 1.44. The summed E-state index contributed by atoms with van der Waals surface area (Å²) in [5.74, 6) is 1.56. The van der Waals surface area contributed by atoms with Crippen LogP contribution in [-0.4, -0.2) is 21.4 Å². The van der Waals surface area contributed by atoms with E-state index >= 15 is 0 Å². The van der Waals surface area contributed by atoms with Crippen molar-refractivity contribution in [3.8, 4) is 0 Å². The molecule has 2 aromatic rings. The van der Waals surface area contributed by atoms with Gasteiger partial charge in [-0.1, -0.05) is 5.16 Å². The fourth-order valence-electron chi connectivity index (χ4n) is 1.06. The summed E-state index contributed by atoms with van der Waals surface area (Å²) in [7, 11) is 0. The Bertz CT molecular complexity index is 418. The molecular weight excluding hydrogens is 212 g/mol. The predicted molar refractivity (Wildman–Crippen MR) is 57.6 cm³/mol. The topological polar surface area (TPSA) is 63.8 Å². The summed E-state index contributed by atoms with van der Waals surface area (Å²) in [6, 6.07) is 3.70. The molecular formula is C9H10N4OS. The van der Waals surface area contributed by atoms with Crippen molar-refractivity contribution in [3.05, 3.63) is 30.4 Å². The average Bonchev–Trinajstić information content (AvgIpc) is 2.79. The summed E-state index contributed by atoms with van der Waals surface area (Å²) in [6.45, 7) is 0.574. The lowest BCUT2D eigenvalue weighted by Gasteiger charge is -2.03. The van der Waals surface area contributed by atoms with Gasteiger partial charge in [0.05, 0.1) is 12.7 Å². The van der Waals surface area contributed by atoms with E-state index in [1.165, 1.54) is 6.33 Å². The molecule has 2 heterocycles. The van der Waals surface area contributed by atoms with Crippen molar-refractivity contribution in [3.63, 3.8) is 0 Å². The lowest BCUT2D eigenvalue weighted by atomic mass is 10.4. The number of aromatic nitrogens is 3. The molecule has 2 aromatic heterocycles. The van der Waals surface area contributed by atoms with Gasteiger partial charge in [-0.15, -0.1) is 11.8 Å². The smallest absolute Gasteiger partial charge is 0.155 e. The van der Waals surface area contributed by atoms with Crippen LogP contribution in [0.1, 0.15) is 5.76 Å². The highest BCUT2D eigenvalue weighted by Gasteiger charge is 1.99. The molecule has 0 fully saturated rings. The first kappa shape index (κ1) is 9.97. The number of hydrogen-bond donors (Lipinski definition) is 1. The second-order valence-corrected chi connectivity index (χ2v) is 3.60. The van der Waals surface area contributed by atoms with Crippen LogP contribution in [0.25, 0.3) is 0 Å². The minimum Gasteiger partial charge on any atom is -0.363 e. The highest BCUT2D eigenvalue weighted by Crippen LogP contribution is 2.14. The third-order valence-electron chi connectivity index (χ3n) is 1.79. The molecule has 0 aromatic carbocycles. The van der Waals surface area contributed by atoms with Crippen molar-refractivity contribution in [1.82, 2.24) is 15.1 Å². The summed E-state index contributed by atoms with van der Waals surface area (Å²) in [5, 5.41) is 7.68. The van der Waals surface area contributed by atoms with Gasteiger partial charge in [-0.05, 0) is 6.26 Å². The van der Waals surface area contributed by atoms with E-state index in [2.05, 4.69) is 20.4 Å². The van der Waals surface area contributed by atoms with Gasteiger partial charge in [-0.3, -0.25) is 0 Å². The molecule has 0 unspecified atom stereocenters. The molecule has 78 valence electrons. The van der Waals surface area contributed by atoms with Crippen molar-refractivity contribution in [1.29, 1.82) is 0 Å². The molecule has 1 N–H and O–H groups in total. The van der Waals surface area contributed by atoms with Crippen LogP contribution in [0.4, 0.5) is 5.82 Å². The van der Waals surface area contributed by atoms with Crippen LogP contribution in [0.2, 0.25) is 0 Å². The van der Waals surface area contributed by atoms with Gasteiger partial charge in [0.1, 0.15) is 17.2 Å². The summed E-state index contributed by atoms with van der Waals surface area (Å²) < 4.78 is 4.95. The van der Waals surface area contributed by atoms with E-state index in [1.807, 2.05) is 18.4 Å². The standard InChI is InChI=1S/C9H10N4OS/c1-15-9-4-8(11-6-12-9)10-5-7-2-3-13-14-7/h2-4,6H,5H2,1H3,(H,10,11,12). The third-order valence-corrected chi connectivity index (χ3v) is 2.43.